The Balaban J connectivity index is 1.95. The average molecular weight is 276 g/mol. The first-order chi connectivity index (χ1) is 9.72. The summed E-state index contributed by atoms with van der Waals surface area (Å²) in [6, 6.07) is 8.09. The molecule has 106 valence electrons. The third kappa shape index (κ3) is 3.47. The highest BCUT2D eigenvalue weighted by atomic mass is 19.1. The quantitative estimate of drug-likeness (QED) is 0.776. The van der Waals surface area contributed by atoms with Crippen LogP contribution in [-0.4, -0.2) is 30.0 Å². The van der Waals surface area contributed by atoms with Gasteiger partial charge in [-0.25, -0.2) is 4.39 Å². The number of carbonyl (C=O) groups excluding carboxylic acids is 1. The average Bonchev–Trinajstić information content (AvgIpc) is 2.97. The van der Waals surface area contributed by atoms with Crippen molar-refractivity contribution < 1.29 is 13.9 Å². The van der Waals surface area contributed by atoms with Crippen LogP contribution in [-0.2, 0) is 4.79 Å². The molecule has 0 radical (unpaired) electrons. The van der Waals surface area contributed by atoms with Crippen molar-refractivity contribution in [2.45, 2.75) is 31.7 Å². The molecule has 0 bridgehead atoms. The SMILES string of the molecule is N#CCN(C(=O)COc1ccccc1F)C1CCCC1. The van der Waals surface area contributed by atoms with Crippen LogP contribution in [0.15, 0.2) is 24.3 Å². The lowest BCUT2D eigenvalue weighted by molar-refractivity contribution is -0.134. The highest BCUT2D eigenvalue weighted by Gasteiger charge is 2.26. The largest absolute Gasteiger partial charge is 0.481 e. The van der Waals surface area contributed by atoms with Gasteiger partial charge in [-0.15, -0.1) is 0 Å². The Morgan fingerprint density at radius 2 is 2.10 bits per heavy atom. The highest BCUT2D eigenvalue weighted by Crippen LogP contribution is 2.23. The highest BCUT2D eigenvalue weighted by molar-refractivity contribution is 5.78. The van der Waals surface area contributed by atoms with Crippen molar-refractivity contribution in [2.75, 3.05) is 13.2 Å². The number of ether oxygens (including phenoxy) is 1. The molecule has 0 atom stereocenters. The van der Waals surface area contributed by atoms with Gasteiger partial charge in [0, 0.05) is 6.04 Å². The molecule has 0 heterocycles. The molecule has 0 saturated heterocycles. The monoisotopic (exact) mass is 276 g/mol. The van der Waals surface area contributed by atoms with Crippen LogP contribution in [0.25, 0.3) is 0 Å². The predicted molar refractivity (Wildman–Crippen MR) is 71.5 cm³/mol. The molecule has 1 aliphatic carbocycles. The van der Waals surface area contributed by atoms with Crippen molar-refractivity contribution >= 4 is 5.91 Å². The zero-order valence-electron chi connectivity index (χ0n) is 11.2. The topological polar surface area (TPSA) is 53.3 Å². The number of hydrogen-bond donors (Lipinski definition) is 0. The van der Waals surface area contributed by atoms with Crippen molar-refractivity contribution in [3.8, 4) is 11.8 Å². The first-order valence-electron chi connectivity index (χ1n) is 6.76. The molecule has 0 aliphatic heterocycles. The molecule has 1 saturated carbocycles. The first kappa shape index (κ1) is 14.3. The van der Waals surface area contributed by atoms with Gasteiger partial charge in [0.1, 0.15) is 6.54 Å². The minimum Gasteiger partial charge on any atom is -0.481 e. The molecule has 0 aromatic heterocycles. The fourth-order valence-electron chi connectivity index (χ4n) is 2.50. The standard InChI is InChI=1S/C15H17FN2O2/c16-13-7-3-4-8-14(13)20-11-15(19)18(10-9-17)12-5-1-2-6-12/h3-4,7-8,12H,1-2,5-6,10-11H2. The molecule has 0 N–H and O–H groups in total. The number of benzene rings is 1. The second-order valence-corrected chi connectivity index (χ2v) is 4.84. The maximum absolute atomic E-state index is 13.4. The van der Waals surface area contributed by atoms with E-state index in [9.17, 15) is 9.18 Å². The predicted octanol–water partition coefficient (Wildman–Crippen LogP) is 2.50. The summed E-state index contributed by atoms with van der Waals surface area (Å²) in [5.74, 6) is -0.695. The summed E-state index contributed by atoms with van der Waals surface area (Å²) in [5, 5.41) is 8.83. The Kier molecular flexibility index (Phi) is 4.94. The lowest BCUT2D eigenvalue weighted by atomic mass is 10.2. The van der Waals surface area contributed by atoms with Gasteiger partial charge in [0.15, 0.2) is 18.2 Å². The van der Waals surface area contributed by atoms with Crippen LogP contribution in [0, 0.1) is 17.1 Å². The van der Waals surface area contributed by atoms with Crippen molar-refractivity contribution in [3.05, 3.63) is 30.1 Å². The Hall–Kier alpha value is -2.09. The van der Waals surface area contributed by atoms with Gasteiger partial charge in [0.25, 0.3) is 5.91 Å². The van der Waals surface area contributed by atoms with Gasteiger partial charge in [-0.05, 0) is 25.0 Å². The van der Waals surface area contributed by atoms with Gasteiger partial charge in [-0.2, -0.15) is 5.26 Å². The second kappa shape index (κ2) is 6.90. The van der Waals surface area contributed by atoms with Gasteiger partial charge < -0.3 is 9.64 Å². The van der Waals surface area contributed by atoms with Crippen LogP contribution < -0.4 is 4.74 Å². The van der Waals surface area contributed by atoms with E-state index in [1.165, 1.54) is 12.1 Å². The minimum atomic E-state index is -0.493. The lowest BCUT2D eigenvalue weighted by Crippen LogP contribution is -2.41. The number of hydrogen-bond acceptors (Lipinski definition) is 3. The molecule has 4 nitrogen and oxygen atoms in total. The van der Waals surface area contributed by atoms with E-state index in [-0.39, 0.29) is 30.9 Å². The van der Waals surface area contributed by atoms with Crippen LogP contribution in [0.5, 0.6) is 5.75 Å². The normalized spacial score (nSPS) is 14.8. The van der Waals surface area contributed by atoms with Crippen LogP contribution in [0.2, 0.25) is 0 Å². The van der Waals surface area contributed by atoms with Crippen LogP contribution in [0.1, 0.15) is 25.7 Å². The Morgan fingerprint density at radius 3 is 2.75 bits per heavy atom. The molecule has 5 heteroatoms. The third-order valence-corrected chi connectivity index (χ3v) is 3.51. The fraction of sp³-hybridized carbons (Fsp3) is 0.467. The molecule has 1 fully saturated rings. The van der Waals surface area contributed by atoms with E-state index >= 15 is 0 Å². The summed E-state index contributed by atoms with van der Waals surface area (Å²) in [7, 11) is 0. The van der Waals surface area contributed by atoms with E-state index in [1.807, 2.05) is 6.07 Å². The maximum atomic E-state index is 13.4. The first-order valence-corrected chi connectivity index (χ1v) is 6.76. The zero-order chi connectivity index (χ0) is 14.4. The second-order valence-electron chi connectivity index (χ2n) is 4.84. The molecule has 2 rings (SSSR count). The molecule has 1 aromatic rings. The van der Waals surface area contributed by atoms with Gasteiger partial charge in [-0.3, -0.25) is 4.79 Å². The van der Waals surface area contributed by atoms with Crippen molar-refractivity contribution in [3.63, 3.8) is 0 Å². The Labute approximate surface area is 117 Å². The van der Waals surface area contributed by atoms with Crippen LogP contribution in [0.4, 0.5) is 4.39 Å². The Bertz CT molecular complexity index is 507. The number of nitrogens with zero attached hydrogens (tertiary/aromatic N) is 2. The van der Waals surface area contributed by atoms with E-state index in [0.29, 0.717) is 0 Å². The molecule has 1 amide bonds. The van der Waals surface area contributed by atoms with Gasteiger partial charge in [0.2, 0.25) is 0 Å². The van der Waals surface area contributed by atoms with Crippen LogP contribution in [0.3, 0.4) is 0 Å². The smallest absolute Gasteiger partial charge is 0.261 e. The number of amides is 1. The van der Waals surface area contributed by atoms with Gasteiger partial charge in [0.05, 0.1) is 6.07 Å². The van der Waals surface area contributed by atoms with E-state index in [1.54, 1.807) is 17.0 Å². The summed E-state index contributed by atoms with van der Waals surface area (Å²) in [4.78, 5) is 13.7. The van der Waals surface area contributed by atoms with Gasteiger partial charge >= 0.3 is 0 Å². The maximum Gasteiger partial charge on any atom is 0.261 e. The van der Waals surface area contributed by atoms with Crippen molar-refractivity contribution in [2.24, 2.45) is 0 Å². The number of para-hydroxylation sites is 1. The summed E-state index contributed by atoms with van der Waals surface area (Å²) in [5.41, 5.74) is 0. The van der Waals surface area contributed by atoms with Crippen LogP contribution >= 0.6 is 0 Å². The Morgan fingerprint density at radius 1 is 1.40 bits per heavy atom. The molecule has 0 spiro atoms. The number of rotatable bonds is 5. The van der Waals surface area contributed by atoms with E-state index in [4.69, 9.17) is 10.00 Å². The molecule has 20 heavy (non-hydrogen) atoms. The molecule has 0 unspecified atom stereocenters. The van der Waals surface area contributed by atoms with E-state index in [2.05, 4.69) is 0 Å². The number of nitriles is 1. The summed E-state index contributed by atoms with van der Waals surface area (Å²) < 4.78 is 18.6. The van der Waals surface area contributed by atoms with Gasteiger partial charge in [-0.1, -0.05) is 25.0 Å². The molecule has 1 aromatic carbocycles. The lowest BCUT2D eigenvalue weighted by Gasteiger charge is -2.26. The number of carbonyl (C=O) groups is 1. The zero-order valence-corrected chi connectivity index (χ0v) is 11.2. The molecular weight excluding hydrogens is 259 g/mol. The van der Waals surface area contributed by atoms with E-state index < -0.39 is 5.82 Å². The molecular formula is C15H17FN2O2. The minimum absolute atomic E-state index is 0.0594. The summed E-state index contributed by atoms with van der Waals surface area (Å²) >= 11 is 0. The van der Waals surface area contributed by atoms with E-state index in [0.717, 1.165) is 25.7 Å². The van der Waals surface area contributed by atoms with Crippen molar-refractivity contribution in [1.29, 1.82) is 5.26 Å². The fourth-order valence-corrected chi connectivity index (χ4v) is 2.50. The summed E-state index contributed by atoms with van der Waals surface area (Å²) in [6.45, 7) is -0.177. The third-order valence-electron chi connectivity index (χ3n) is 3.51. The number of halogens is 1. The molecule has 1 aliphatic rings. The van der Waals surface area contributed by atoms with Crippen molar-refractivity contribution in [1.82, 2.24) is 4.90 Å². The summed E-state index contributed by atoms with van der Waals surface area (Å²) in [6.07, 6.45) is 4.00.